The van der Waals surface area contributed by atoms with Gasteiger partial charge < -0.3 is 9.13 Å². The molecule has 0 aliphatic heterocycles. The van der Waals surface area contributed by atoms with E-state index in [1.807, 2.05) is 0 Å². The fourth-order valence-corrected chi connectivity index (χ4v) is 1.44. The fourth-order valence-electron chi connectivity index (χ4n) is 1.44. The fraction of sp³-hybridized carbons (Fsp3) is 0.222. The summed E-state index contributed by atoms with van der Waals surface area (Å²) in [6.45, 7) is 0. The van der Waals surface area contributed by atoms with Crippen molar-refractivity contribution in [3.63, 3.8) is 0 Å². The van der Waals surface area contributed by atoms with Crippen molar-refractivity contribution in [1.82, 2.24) is 9.13 Å². The number of halogens is 1. The van der Waals surface area contributed by atoms with Gasteiger partial charge in [0.15, 0.2) is 5.82 Å². The van der Waals surface area contributed by atoms with Crippen molar-refractivity contribution in [2.24, 2.45) is 14.1 Å². The van der Waals surface area contributed by atoms with Crippen LogP contribution in [0.25, 0.3) is 10.9 Å². The van der Waals surface area contributed by atoms with Crippen molar-refractivity contribution in [3.05, 3.63) is 34.6 Å². The molecule has 0 atom stereocenters. The largest absolute Gasteiger partial charge is 0.347 e. The van der Waals surface area contributed by atoms with Crippen LogP contribution in [0.3, 0.4) is 0 Å². The van der Waals surface area contributed by atoms with Gasteiger partial charge >= 0.3 is 0 Å². The third-order valence-electron chi connectivity index (χ3n) is 2.17. The van der Waals surface area contributed by atoms with Gasteiger partial charge in [0, 0.05) is 26.5 Å². The first-order valence-electron chi connectivity index (χ1n) is 3.91. The Hall–Kier alpha value is -1.58. The van der Waals surface area contributed by atoms with E-state index in [4.69, 9.17) is 0 Å². The molecule has 0 saturated heterocycles. The van der Waals surface area contributed by atoms with E-state index in [0.29, 0.717) is 5.52 Å². The van der Waals surface area contributed by atoms with E-state index < -0.39 is 5.82 Å². The predicted molar refractivity (Wildman–Crippen MR) is 48.1 cm³/mol. The van der Waals surface area contributed by atoms with E-state index in [1.165, 1.54) is 10.8 Å². The summed E-state index contributed by atoms with van der Waals surface area (Å²) in [7, 11) is 3.32. The van der Waals surface area contributed by atoms with Gasteiger partial charge in [0.25, 0.3) is 5.56 Å². The highest BCUT2D eigenvalue weighted by Crippen LogP contribution is 2.13. The van der Waals surface area contributed by atoms with Gasteiger partial charge in [0.2, 0.25) is 0 Å². The SMILES string of the molecule is Cn1ccc2c(c(F)cn2C)c1=O. The number of aryl methyl sites for hydroxylation is 2. The van der Waals surface area contributed by atoms with Gasteiger partial charge in [-0.3, -0.25) is 4.79 Å². The first kappa shape index (κ1) is 8.04. The molecule has 0 bridgehead atoms. The molecule has 0 fully saturated rings. The van der Waals surface area contributed by atoms with E-state index >= 15 is 0 Å². The van der Waals surface area contributed by atoms with E-state index in [2.05, 4.69) is 0 Å². The summed E-state index contributed by atoms with van der Waals surface area (Å²) in [5.41, 5.74) is 0.330. The Morgan fingerprint density at radius 3 is 2.69 bits per heavy atom. The summed E-state index contributed by atoms with van der Waals surface area (Å²) in [4.78, 5) is 11.5. The molecular formula is C9H9FN2O. The number of pyridine rings is 1. The highest BCUT2D eigenvalue weighted by Gasteiger charge is 2.09. The average Bonchev–Trinajstić information content (AvgIpc) is 2.35. The van der Waals surface area contributed by atoms with Crippen molar-refractivity contribution in [1.29, 1.82) is 0 Å². The second kappa shape index (κ2) is 2.45. The highest BCUT2D eigenvalue weighted by molar-refractivity contribution is 5.79. The Morgan fingerprint density at radius 2 is 2.00 bits per heavy atom. The molecule has 68 valence electrons. The molecule has 0 aromatic carbocycles. The van der Waals surface area contributed by atoms with Gasteiger partial charge in [-0.15, -0.1) is 0 Å². The molecule has 0 N–H and O–H groups in total. The molecule has 2 aromatic heterocycles. The lowest BCUT2D eigenvalue weighted by atomic mass is 10.3. The molecule has 0 unspecified atom stereocenters. The van der Waals surface area contributed by atoms with Gasteiger partial charge in [0.05, 0.1) is 5.52 Å². The second-order valence-corrected chi connectivity index (χ2v) is 3.08. The normalized spacial score (nSPS) is 11.0. The second-order valence-electron chi connectivity index (χ2n) is 3.08. The Bertz CT molecular complexity index is 524. The zero-order chi connectivity index (χ0) is 9.59. The third-order valence-corrected chi connectivity index (χ3v) is 2.17. The molecular weight excluding hydrogens is 171 g/mol. The molecule has 3 nitrogen and oxygen atoms in total. The van der Waals surface area contributed by atoms with Crippen LogP contribution in [0.4, 0.5) is 4.39 Å². The van der Waals surface area contributed by atoms with Crippen LogP contribution < -0.4 is 5.56 Å². The molecule has 0 aliphatic rings. The van der Waals surface area contributed by atoms with E-state index in [1.54, 1.807) is 30.9 Å². The number of aromatic nitrogens is 2. The quantitative estimate of drug-likeness (QED) is 0.594. The Balaban J connectivity index is 3.08. The number of rotatable bonds is 0. The zero-order valence-electron chi connectivity index (χ0n) is 7.41. The molecule has 0 aliphatic carbocycles. The Morgan fingerprint density at radius 1 is 1.31 bits per heavy atom. The minimum absolute atomic E-state index is 0.160. The first-order valence-corrected chi connectivity index (χ1v) is 3.91. The van der Waals surface area contributed by atoms with E-state index in [9.17, 15) is 9.18 Å². The first-order chi connectivity index (χ1) is 6.11. The van der Waals surface area contributed by atoms with Crippen LogP contribution in [0, 0.1) is 5.82 Å². The predicted octanol–water partition coefficient (Wildman–Crippen LogP) is 1.02. The Labute approximate surface area is 74.0 Å². The number of fused-ring (bicyclic) bond motifs is 1. The molecule has 0 spiro atoms. The zero-order valence-corrected chi connectivity index (χ0v) is 7.41. The minimum atomic E-state index is -0.460. The van der Waals surface area contributed by atoms with Crippen LogP contribution in [-0.2, 0) is 14.1 Å². The van der Waals surface area contributed by atoms with E-state index in [-0.39, 0.29) is 10.9 Å². The van der Waals surface area contributed by atoms with Crippen molar-refractivity contribution in [2.75, 3.05) is 0 Å². The lowest BCUT2D eigenvalue weighted by Gasteiger charge is -1.97. The maximum Gasteiger partial charge on any atom is 0.262 e. The summed E-state index contributed by atoms with van der Waals surface area (Å²) >= 11 is 0. The van der Waals surface area contributed by atoms with Crippen LogP contribution in [0.2, 0.25) is 0 Å². The van der Waals surface area contributed by atoms with Gasteiger partial charge in [-0.05, 0) is 6.07 Å². The molecule has 2 heterocycles. The average molecular weight is 180 g/mol. The smallest absolute Gasteiger partial charge is 0.262 e. The number of hydrogen-bond acceptors (Lipinski definition) is 1. The number of nitrogens with zero attached hydrogens (tertiary/aromatic N) is 2. The van der Waals surface area contributed by atoms with Gasteiger partial charge in [-0.1, -0.05) is 0 Å². The summed E-state index contributed by atoms with van der Waals surface area (Å²) in [6.07, 6.45) is 2.94. The van der Waals surface area contributed by atoms with Gasteiger partial charge in [-0.25, -0.2) is 4.39 Å². The highest BCUT2D eigenvalue weighted by atomic mass is 19.1. The molecule has 0 saturated carbocycles. The Kier molecular flexibility index (Phi) is 1.52. The lowest BCUT2D eigenvalue weighted by molar-refractivity contribution is 0.631. The summed E-state index contributed by atoms with van der Waals surface area (Å²) in [6, 6.07) is 1.72. The molecule has 2 rings (SSSR count). The summed E-state index contributed by atoms with van der Waals surface area (Å²) in [5.74, 6) is -0.460. The van der Waals surface area contributed by atoms with E-state index in [0.717, 1.165) is 0 Å². The van der Waals surface area contributed by atoms with Crippen molar-refractivity contribution in [3.8, 4) is 0 Å². The topological polar surface area (TPSA) is 26.9 Å². The summed E-state index contributed by atoms with van der Waals surface area (Å²) < 4.78 is 16.2. The van der Waals surface area contributed by atoms with Crippen molar-refractivity contribution in [2.45, 2.75) is 0 Å². The van der Waals surface area contributed by atoms with Crippen LogP contribution in [0.5, 0.6) is 0 Å². The maximum absolute atomic E-state index is 13.2. The van der Waals surface area contributed by atoms with Crippen LogP contribution in [0.15, 0.2) is 23.3 Å². The van der Waals surface area contributed by atoms with Crippen LogP contribution in [0.1, 0.15) is 0 Å². The van der Waals surface area contributed by atoms with Gasteiger partial charge in [0.1, 0.15) is 5.39 Å². The number of hydrogen-bond donors (Lipinski definition) is 0. The molecule has 4 heteroatoms. The van der Waals surface area contributed by atoms with Crippen molar-refractivity contribution >= 4 is 10.9 Å². The maximum atomic E-state index is 13.2. The van der Waals surface area contributed by atoms with Gasteiger partial charge in [-0.2, -0.15) is 0 Å². The monoisotopic (exact) mass is 180 g/mol. The van der Waals surface area contributed by atoms with Crippen LogP contribution in [-0.4, -0.2) is 9.13 Å². The molecule has 0 amide bonds. The minimum Gasteiger partial charge on any atom is -0.347 e. The third kappa shape index (κ3) is 0.983. The lowest BCUT2D eigenvalue weighted by Crippen LogP contribution is -2.15. The van der Waals surface area contributed by atoms with Crippen molar-refractivity contribution < 1.29 is 4.39 Å². The molecule has 0 radical (unpaired) electrons. The molecule has 2 aromatic rings. The summed E-state index contributed by atoms with van der Waals surface area (Å²) in [5, 5.41) is 0.160. The standard InChI is InChI=1S/C9H9FN2O/c1-11-4-3-7-8(9(11)13)6(10)5-12(7)2/h3-5H,1-2H3. The molecule has 13 heavy (non-hydrogen) atoms. The van der Waals surface area contributed by atoms with Crippen LogP contribution >= 0.6 is 0 Å².